The molecule has 0 fully saturated rings. The molecule has 0 radical (unpaired) electrons. The second-order valence-corrected chi connectivity index (χ2v) is 5.42. The summed E-state index contributed by atoms with van der Waals surface area (Å²) in [5.74, 6) is 0.516. The third kappa shape index (κ3) is 5.19. The van der Waals surface area contributed by atoms with Crippen LogP contribution in [0.4, 0.5) is 0 Å². The lowest BCUT2D eigenvalue weighted by Crippen LogP contribution is -2.27. The summed E-state index contributed by atoms with van der Waals surface area (Å²) in [6.07, 6.45) is 2.02. The van der Waals surface area contributed by atoms with Gasteiger partial charge in [0, 0.05) is 24.6 Å². The number of nitrogens with one attached hydrogen (secondary N) is 1. The summed E-state index contributed by atoms with van der Waals surface area (Å²) in [4.78, 5) is 28.3. The molecule has 0 spiro atoms. The summed E-state index contributed by atoms with van der Waals surface area (Å²) in [5, 5.41) is 2.86. The van der Waals surface area contributed by atoms with Gasteiger partial charge in [-0.3, -0.25) is 14.6 Å². The molecule has 2 rings (SSSR count). The molecule has 1 amide bonds. The zero-order valence-corrected chi connectivity index (χ0v) is 14.0. The average molecular weight is 326 g/mol. The van der Waals surface area contributed by atoms with Crippen LogP contribution in [0.3, 0.4) is 0 Å². The fraction of sp³-hybridized carbons (Fsp3) is 0.316. The minimum absolute atomic E-state index is 0.0568. The standard InChI is InChI=1S/C19H22N2O3/c1-3-24-16-9-7-15(8-10-16)18(22)11-12-19(23)21-14(2)17-6-4-5-13-20-17/h4-10,13-14H,3,11-12H2,1-2H3,(H,21,23)/t14-/m1/s1. The molecule has 1 atom stereocenters. The van der Waals surface area contributed by atoms with Gasteiger partial charge in [-0.15, -0.1) is 0 Å². The van der Waals surface area contributed by atoms with Gasteiger partial charge in [0.2, 0.25) is 5.91 Å². The molecule has 1 N–H and O–H groups in total. The van der Waals surface area contributed by atoms with E-state index in [1.807, 2.05) is 32.0 Å². The Balaban J connectivity index is 1.81. The summed E-state index contributed by atoms with van der Waals surface area (Å²) in [7, 11) is 0. The number of amides is 1. The van der Waals surface area contributed by atoms with Gasteiger partial charge in [0.15, 0.2) is 5.78 Å². The van der Waals surface area contributed by atoms with Crippen molar-refractivity contribution in [3.8, 4) is 5.75 Å². The number of Topliss-reactive ketones (excluding diaryl/α,β-unsaturated/α-hetero) is 1. The van der Waals surface area contributed by atoms with Crippen LogP contribution in [-0.2, 0) is 4.79 Å². The number of ether oxygens (including phenoxy) is 1. The molecule has 0 unspecified atom stereocenters. The predicted molar refractivity (Wildman–Crippen MR) is 92.0 cm³/mol. The van der Waals surface area contributed by atoms with E-state index < -0.39 is 0 Å². The van der Waals surface area contributed by atoms with Crippen molar-refractivity contribution >= 4 is 11.7 Å². The smallest absolute Gasteiger partial charge is 0.220 e. The zero-order chi connectivity index (χ0) is 17.4. The molecule has 126 valence electrons. The molecule has 0 bridgehead atoms. The second kappa shape index (κ2) is 8.82. The Morgan fingerprint density at radius 2 is 1.88 bits per heavy atom. The molecule has 5 heteroatoms. The highest BCUT2D eigenvalue weighted by atomic mass is 16.5. The van der Waals surface area contributed by atoms with Gasteiger partial charge < -0.3 is 10.1 Å². The van der Waals surface area contributed by atoms with Crippen LogP contribution in [0, 0.1) is 0 Å². The number of nitrogens with zero attached hydrogens (tertiary/aromatic N) is 1. The van der Waals surface area contributed by atoms with E-state index in [0.717, 1.165) is 11.4 Å². The van der Waals surface area contributed by atoms with Gasteiger partial charge in [-0.05, 0) is 50.2 Å². The maximum absolute atomic E-state index is 12.1. The molecule has 1 aromatic carbocycles. The number of benzene rings is 1. The van der Waals surface area contributed by atoms with Gasteiger partial charge in [-0.1, -0.05) is 6.07 Å². The Morgan fingerprint density at radius 1 is 1.12 bits per heavy atom. The van der Waals surface area contributed by atoms with Crippen LogP contribution in [0.2, 0.25) is 0 Å². The zero-order valence-electron chi connectivity index (χ0n) is 14.0. The minimum Gasteiger partial charge on any atom is -0.494 e. The van der Waals surface area contributed by atoms with Crippen LogP contribution in [-0.4, -0.2) is 23.3 Å². The van der Waals surface area contributed by atoms with Crippen LogP contribution >= 0.6 is 0 Å². The van der Waals surface area contributed by atoms with E-state index in [1.165, 1.54) is 0 Å². The fourth-order valence-corrected chi connectivity index (χ4v) is 2.29. The maximum atomic E-state index is 12.1. The average Bonchev–Trinajstić information content (AvgIpc) is 2.61. The third-order valence-corrected chi connectivity index (χ3v) is 3.58. The van der Waals surface area contributed by atoms with Gasteiger partial charge in [-0.25, -0.2) is 0 Å². The van der Waals surface area contributed by atoms with Gasteiger partial charge >= 0.3 is 0 Å². The summed E-state index contributed by atoms with van der Waals surface area (Å²) in [6, 6.07) is 12.4. The number of hydrogen-bond acceptors (Lipinski definition) is 4. The monoisotopic (exact) mass is 326 g/mol. The fourth-order valence-electron chi connectivity index (χ4n) is 2.29. The maximum Gasteiger partial charge on any atom is 0.220 e. The first-order valence-corrected chi connectivity index (χ1v) is 8.06. The lowest BCUT2D eigenvalue weighted by atomic mass is 10.1. The normalized spacial score (nSPS) is 11.6. The second-order valence-electron chi connectivity index (χ2n) is 5.42. The third-order valence-electron chi connectivity index (χ3n) is 3.58. The molecule has 1 aromatic heterocycles. The molecule has 0 aliphatic rings. The first kappa shape index (κ1) is 17.7. The number of carbonyl (C=O) groups excluding carboxylic acids is 2. The van der Waals surface area contributed by atoms with E-state index >= 15 is 0 Å². The molecule has 5 nitrogen and oxygen atoms in total. The number of aromatic nitrogens is 1. The molecule has 0 aliphatic carbocycles. The predicted octanol–water partition coefficient (Wildman–Crippen LogP) is 3.32. The summed E-state index contributed by atoms with van der Waals surface area (Å²) >= 11 is 0. The Morgan fingerprint density at radius 3 is 2.50 bits per heavy atom. The Hall–Kier alpha value is -2.69. The van der Waals surface area contributed by atoms with Crippen LogP contribution < -0.4 is 10.1 Å². The first-order valence-electron chi connectivity index (χ1n) is 8.06. The number of pyridine rings is 1. The molecular weight excluding hydrogens is 304 g/mol. The molecular formula is C19H22N2O3. The van der Waals surface area contributed by atoms with E-state index in [-0.39, 0.29) is 30.6 Å². The van der Waals surface area contributed by atoms with Crippen molar-refractivity contribution in [3.63, 3.8) is 0 Å². The number of rotatable bonds is 8. The molecule has 2 aromatic rings. The van der Waals surface area contributed by atoms with Crippen LogP contribution in [0.15, 0.2) is 48.7 Å². The summed E-state index contributed by atoms with van der Waals surface area (Å²) < 4.78 is 5.34. The molecule has 0 saturated heterocycles. The van der Waals surface area contributed by atoms with Crippen LogP contribution in [0.1, 0.15) is 48.8 Å². The largest absolute Gasteiger partial charge is 0.494 e. The van der Waals surface area contributed by atoms with Crippen molar-refractivity contribution in [2.75, 3.05) is 6.61 Å². The summed E-state index contributed by atoms with van der Waals surface area (Å²) in [5.41, 5.74) is 1.38. The lowest BCUT2D eigenvalue weighted by Gasteiger charge is -2.13. The van der Waals surface area contributed by atoms with E-state index in [2.05, 4.69) is 10.3 Å². The highest BCUT2D eigenvalue weighted by Crippen LogP contribution is 2.14. The van der Waals surface area contributed by atoms with Crippen LogP contribution in [0.5, 0.6) is 5.75 Å². The summed E-state index contributed by atoms with van der Waals surface area (Å²) in [6.45, 7) is 4.36. The van der Waals surface area contributed by atoms with Gasteiger partial charge in [0.25, 0.3) is 0 Å². The topological polar surface area (TPSA) is 68.3 Å². The highest BCUT2D eigenvalue weighted by Gasteiger charge is 2.13. The van der Waals surface area contributed by atoms with Gasteiger partial charge in [0.05, 0.1) is 18.3 Å². The first-order chi connectivity index (χ1) is 11.6. The van der Waals surface area contributed by atoms with Crippen molar-refractivity contribution < 1.29 is 14.3 Å². The van der Waals surface area contributed by atoms with Gasteiger partial charge in [-0.2, -0.15) is 0 Å². The van der Waals surface area contributed by atoms with E-state index in [0.29, 0.717) is 12.2 Å². The van der Waals surface area contributed by atoms with E-state index in [9.17, 15) is 9.59 Å². The molecule has 24 heavy (non-hydrogen) atoms. The Kier molecular flexibility index (Phi) is 6.49. The molecule has 1 heterocycles. The number of ketones is 1. The van der Waals surface area contributed by atoms with Crippen molar-refractivity contribution in [2.24, 2.45) is 0 Å². The van der Waals surface area contributed by atoms with Crippen molar-refractivity contribution in [3.05, 3.63) is 59.9 Å². The highest BCUT2D eigenvalue weighted by molar-refractivity contribution is 5.98. The van der Waals surface area contributed by atoms with Crippen LogP contribution in [0.25, 0.3) is 0 Å². The number of carbonyl (C=O) groups is 2. The van der Waals surface area contributed by atoms with Crippen molar-refractivity contribution in [2.45, 2.75) is 32.7 Å². The molecule has 0 aliphatic heterocycles. The number of hydrogen-bond donors (Lipinski definition) is 1. The quantitative estimate of drug-likeness (QED) is 0.756. The van der Waals surface area contributed by atoms with Gasteiger partial charge in [0.1, 0.15) is 5.75 Å². The Bertz CT molecular complexity index is 669. The van der Waals surface area contributed by atoms with Crippen molar-refractivity contribution in [1.82, 2.24) is 10.3 Å². The SMILES string of the molecule is CCOc1ccc(C(=O)CCC(=O)N[C@H](C)c2ccccn2)cc1. The van der Waals surface area contributed by atoms with E-state index in [1.54, 1.807) is 30.5 Å². The lowest BCUT2D eigenvalue weighted by molar-refractivity contribution is -0.121. The van der Waals surface area contributed by atoms with Crippen molar-refractivity contribution in [1.29, 1.82) is 0 Å². The molecule has 0 saturated carbocycles. The minimum atomic E-state index is -0.181. The van der Waals surface area contributed by atoms with E-state index in [4.69, 9.17) is 4.74 Å². The Labute approximate surface area is 142 Å².